The van der Waals surface area contributed by atoms with Crippen LogP contribution in [-0.2, 0) is 4.79 Å². The van der Waals surface area contributed by atoms with Crippen molar-refractivity contribution in [2.75, 3.05) is 19.6 Å². The Kier molecular flexibility index (Phi) is 3.28. The minimum absolute atomic E-state index is 0.237. The van der Waals surface area contributed by atoms with Crippen molar-refractivity contribution in [3.8, 4) is 0 Å². The van der Waals surface area contributed by atoms with Crippen molar-refractivity contribution in [2.45, 2.75) is 31.3 Å². The summed E-state index contributed by atoms with van der Waals surface area (Å²) in [7, 11) is 0. The first-order valence-corrected chi connectivity index (χ1v) is 5.69. The van der Waals surface area contributed by atoms with Crippen LogP contribution in [0.1, 0.15) is 19.3 Å². The molecule has 16 heavy (non-hydrogen) atoms. The summed E-state index contributed by atoms with van der Waals surface area (Å²) >= 11 is 0. The lowest BCUT2D eigenvalue weighted by atomic mass is 9.93. The van der Waals surface area contributed by atoms with Gasteiger partial charge in [0.2, 0.25) is 0 Å². The standard InChI is InChI=1S/C10H17N3O3/c14-9(15)8-6-11-4-5-13(8)10(16)12-7-2-1-3-7/h7-8,11H,1-6H2,(H,12,16)(H,14,15). The van der Waals surface area contributed by atoms with E-state index >= 15 is 0 Å². The highest BCUT2D eigenvalue weighted by atomic mass is 16.4. The number of carboxylic acids is 1. The molecule has 1 aliphatic heterocycles. The molecule has 2 fully saturated rings. The van der Waals surface area contributed by atoms with Crippen molar-refractivity contribution in [3.63, 3.8) is 0 Å². The molecule has 0 aromatic carbocycles. The Morgan fingerprint density at radius 3 is 2.69 bits per heavy atom. The number of hydrogen-bond donors (Lipinski definition) is 3. The fraction of sp³-hybridized carbons (Fsp3) is 0.800. The number of urea groups is 1. The van der Waals surface area contributed by atoms with Crippen LogP contribution in [0.5, 0.6) is 0 Å². The minimum Gasteiger partial charge on any atom is -0.480 e. The second-order valence-corrected chi connectivity index (χ2v) is 4.33. The first-order chi connectivity index (χ1) is 7.68. The van der Waals surface area contributed by atoms with Crippen LogP contribution in [0.25, 0.3) is 0 Å². The summed E-state index contributed by atoms with van der Waals surface area (Å²) in [4.78, 5) is 24.2. The largest absolute Gasteiger partial charge is 0.480 e. The van der Waals surface area contributed by atoms with Crippen LogP contribution in [0.2, 0.25) is 0 Å². The Balaban J connectivity index is 1.93. The van der Waals surface area contributed by atoms with Gasteiger partial charge >= 0.3 is 12.0 Å². The number of carbonyl (C=O) groups is 2. The Labute approximate surface area is 94.0 Å². The summed E-state index contributed by atoms with van der Waals surface area (Å²) in [5.74, 6) is -0.948. The topological polar surface area (TPSA) is 81.7 Å². The Morgan fingerprint density at radius 2 is 2.12 bits per heavy atom. The number of carboxylic acid groups (broad SMARTS) is 1. The molecule has 1 saturated carbocycles. The lowest BCUT2D eigenvalue weighted by Gasteiger charge is -2.36. The van der Waals surface area contributed by atoms with Crippen LogP contribution < -0.4 is 10.6 Å². The van der Waals surface area contributed by atoms with Crippen molar-refractivity contribution < 1.29 is 14.7 Å². The van der Waals surface area contributed by atoms with Crippen LogP contribution >= 0.6 is 0 Å². The van der Waals surface area contributed by atoms with Gasteiger partial charge in [0.25, 0.3) is 0 Å². The van der Waals surface area contributed by atoms with Gasteiger partial charge in [0.1, 0.15) is 6.04 Å². The summed E-state index contributed by atoms with van der Waals surface area (Å²) in [6.45, 7) is 1.44. The smallest absolute Gasteiger partial charge is 0.327 e. The fourth-order valence-corrected chi connectivity index (χ4v) is 1.98. The van der Waals surface area contributed by atoms with Crippen LogP contribution in [0.3, 0.4) is 0 Å². The molecule has 0 aromatic heterocycles. The Hall–Kier alpha value is -1.30. The van der Waals surface area contributed by atoms with Crippen LogP contribution in [0.4, 0.5) is 4.79 Å². The first kappa shape index (κ1) is 11.2. The average molecular weight is 227 g/mol. The van der Waals surface area contributed by atoms with Gasteiger partial charge in [-0.3, -0.25) is 0 Å². The first-order valence-electron chi connectivity index (χ1n) is 5.69. The highest BCUT2D eigenvalue weighted by Crippen LogP contribution is 2.18. The van der Waals surface area contributed by atoms with Crippen molar-refractivity contribution >= 4 is 12.0 Å². The van der Waals surface area contributed by atoms with Gasteiger partial charge in [-0.25, -0.2) is 9.59 Å². The molecule has 0 aromatic rings. The molecule has 1 atom stereocenters. The monoisotopic (exact) mass is 227 g/mol. The SMILES string of the molecule is O=C(O)C1CNCCN1C(=O)NC1CCC1. The average Bonchev–Trinajstić information content (AvgIpc) is 2.23. The number of nitrogens with one attached hydrogen (secondary N) is 2. The van der Waals surface area contributed by atoms with E-state index in [4.69, 9.17) is 5.11 Å². The number of amides is 2. The molecule has 1 saturated heterocycles. The van der Waals surface area contributed by atoms with Gasteiger partial charge in [-0.2, -0.15) is 0 Å². The maximum Gasteiger partial charge on any atom is 0.327 e. The summed E-state index contributed by atoms with van der Waals surface area (Å²) in [6.07, 6.45) is 3.17. The van der Waals surface area contributed by atoms with E-state index in [-0.39, 0.29) is 12.1 Å². The number of aliphatic carboxylic acids is 1. The van der Waals surface area contributed by atoms with Gasteiger partial charge in [-0.1, -0.05) is 0 Å². The van der Waals surface area contributed by atoms with Gasteiger partial charge < -0.3 is 20.6 Å². The molecule has 1 unspecified atom stereocenters. The number of piperazine rings is 1. The molecule has 3 N–H and O–H groups in total. The fourth-order valence-electron chi connectivity index (χ4n) is 1.98. The third-order valence-electron chi connectivity index (χ3n) is 3.22. The molecular weight excluding hydrogens is 210 g/mol. The molecule has 6 heteroatoms. The van der Waals surface area contributed by atoms with E-state index < -0.39 is 12.0 Å². The minimum atomic E-state index is -0.948. The molecule has 0 spiro atoms. The number of rotatable bonds is 2. The van der Waals surface area contributed by atoms with E-state index in [2.05, 4.69) is 10.6 Å². The van der Waals surface area contributed by atoms with Crippen LogP contribution in [0, 0.1) is 0 Å². The van der Waals surface area contributed by atoms with Crippen molar-refractivity contribution in [3.05, 3.63) is 0 Å². The third kappa shape index (κ3) is 2.27. The summed E-state index contributed by atoms with van der Waals surface area (Å²) in [6, 6.07) is -0.732. The molecule has 0 bridgehead atoms. The van der Waals surface area contributed by atoms with E-state index in [1.807, 2.05) is 0 Å². The van der Waals surface area contributed by atoms with Crippen LogP contribution in [0.15, 0.2) is 0 Å². The summed E-state index contributed by atoms with van der Waals surface area (Å²) in [5, 5.41) is 14.8. The number of hydrogen-bond acceptors (Lipinski definition) is 3. The Morgan fingerprint density at radius 1 is 1.38 bits per heavy atom. The number of nitrogens with zero attached hydrogens (tertiary/aromatic N) is 1. The van der Waals surface area contributed by atoms with E-state index in [1.54, 1.807) is 0 Å². The molecule has 2 amide bonds. The molecule has 0 radical (unpaired) electrons. The molecule has 1 aliphatic carbocycles. The predicted octanol–water partition coefficient (Wildman–Crippen LogP) is -0.393. The lowest BCUT2D eigenvalue weighted by molar-refractivity contribution is -0.142. The zero-order valence-electron chi connectivity index (χ0n) is 9.11. The lowest BCUT2D eigenvalue weighted by Crippen LogP contribution is -2.60. The second-order valence-electron chi connectivity index (χ2n) is 4.33. The maximum atomic E-state index is 11.8. The van der Waals surface area contributed by atoms with Crippen molar-refractivity contribution in [2.24, 2.45) is 0 Å². The summed E-state index contributed by atoms with van der Waals surface area (Å²) < 4.78 is 0. The van der Waals surface area contributed by atoms with E-state index in [1.165, 1.54) is 4.90 Å². The molecule has 90 valence electrons. The third-order valence-corrected chi connectivity index (χ3v) is 3.22. The van der Waals surface area contributed by atoms with Crippen LogP contribution in [-0.4, -0.2) is 53.7 Å². The normalized spacial score (nSPS) is 26.0. The van der Waals surface area contributed by atoms with Gasteiger partial charge in [0, 0.05) is 25.7 Å². The van der Waals surface area contributed by atoms with Gasteiger partial charge in [0.15, 0.2) is 0 Å². The predicted molar refractivity (Wildman–Crippen MR) is 57.2 cm³/mol. The van der Waals surface area contributed by atoms with Gasteiger partial charge in [-0.15, -0.1) is 0 Å². The second kappa shape index (κ2) is 4.69. The Bertz CT molecular complexity index is 291. The molecule has 2 rings (SSSR count). The molecule has 6 nitrogen and oxygen atoms in total. The zero-order valence-corrected chi connectivity index (χ0v) is 9.11. The molecule has 2 aliphatic rings. The molecular formula is C10H17N3O3. The maximum absolute atomic E-state index is 11.8. The zero-order chi connectivity index (χ0) is 11.5. The van der Waals surface area contributed by atoms with Crippen molar-refractivity contribution in [1.82, 2.24) is 15.5 Å². The molecule has 1 heterocycles. The van der Waals surface area contributed by atoms with Gasteiger partial charge in [0.05, 0.1) is 0 Å². The van der Waals surface area contributed by atoms with E-state index in [0.29, 0.717) is 19.6 Å². The van der Waals surface area contributed by atoms with E-state index in [9.17, 15) is 9.59 Å². The quantitative estimate of drug-likeness (QED) is 0.600. The van der Waals surface area contributed by atoms with Crippen molar-refractivity contribution in [1.29, 1.82) is 0 Å². The number of carbonyl (C=O) groups excluding carboxylic acids is 1. The van der Waals surface area contributed by atoms with Gasteiger partial charge in [-0.05, 0) is 19.3 Å². The summed E-state index contributed by atoms with van der Waals surface area (Å²) in [5.41, 5.74) is 0. The van der Waals surface area contributed by atoms with E-state index in [0.717, 1.165) is 19.3 Å². The highest BCUT2D eigenvalue weighted by molar-refractivity contribution is 5.83. The highest BCUT2D eigenvalue weighted by Gasteiger charge is 2.33.